The van der Waals surface area contributed by atoms with Crippen LogP contribution in [0.5, 0.6) is 11.5 Å². The zero-order valence-corrected chi connectivity index (χ0v) is 19.5. The lowest BCUT2D eigenvalue weighted by molar-refractivity contribution is -0.142. The maximum absolute atomic E-state index is 13.4. The van der Waals surface area contributed by atoms with Crippen LogP contribution in [0, 0.1) is 11.7 Å². The second-order valence-corrected chi connectivity index (χ2v) is 9.04. The van der Waals surface area contributed by atoms with Gasteiger partial charge < -0.3 is 14.4 Å². The third-order valence-corrected chi connectivity index (χ3v) is 6.79. The van der Waals surface area contributed by atoms with E-state index in [4.69, 9.17) is 9.47 Å². The van der Waals surface area contributed by atoms with Crippen molar-refractivity contribution in [2.24, 2.45) is 5.92 Å². The number of imide groups is 1. The van der Waals surface area contributed by atoms with Crippen LogP contribution in [0.25, 0.3) is 0 Å². The lowest BCUT2D eigenvalue weighted by Gasteiger charge is -2.35. The van der Waals surface area contributed by atoms with E-state index in [1.807, 2.05) is 0 Å². The first-order valence-corrected chi connectivity index (χ1v) is 11.4. The summed E-state index contributed by atoms with van der Waals surface area (Å²) < 4.78 is 24.2. The van der Waals surface area contributed by atoms with Gasteiger partial charge in [0.2, 0.25) is 17.7 Å². The number of carbonyl (C=O) groups excluding carboxylic acids is 3. The van der Waals surface area contributed by atoms with Gasteiger partial charge in [0.05, 0.1) is 19.1 Å². The summed E-state index contributed by atoms with van der Waals surface area (Å²) in [5.74, 6) is 0.120. The second kappa shape index (κ2) is 9.83. The molecule has 0 unspecified atom stereocenters. The van der Waals surface area contributed by atoms with E-state index in [9.17, 15) is 18.8 Å². The topological polar surface area (TPSA) is 76.2 Å². The van der Waals surface area contributed by atoms with Crippen molar-refractivity contribution in [3.8, 4) is 11.5 Å². The molecule has 2 saturated heterocycles. The average Bonchev–Trinajstić information content (AvgIpc) is 3.08. The summed E-state index contributed by atoms with van der Waals surface area (Å²) in [5, 5.41) is 0. The van der Waals surface area contributed by atoms with Crippen molar-refractivity contribution in [3.63, 3.8) is 0 Å². The number of amides is 3. The molecule has 2 aromatic rings. The summed E-state index contributed by atoms with van der Waals surface area (Å²) >= 11 is 0. The Morgan fingerprint density at radius 3 is 2.59 bits per heavy atom. The molecule has 0 aromatic heterocycles. The third kappa shape index (κ3) is 4.76. The molecule has 2 aromatic carbocycles. The van der Waals surface area contributed by atoms with E-state index in [1.165, 1.54) is 26.3 Å². The lowest BCUT2D eigenvalue weighted by atomic mass is 9.75. The van der Waals surface area contributed by atoms with Gasteiger partial charge in [-0.2, -0.15) is 0 Å². The monoisotopic (exact) mass is 468 g/mol. The summed E-state index contributed by atoms with van der Waals surface area (Å²) in [4.78, 5) is 42.0. The van der Waals surface area contributed by atoms with E-state index in [-0.39, 0.29) is 42.3 Å². The normalized spacial score (nSPS) is 22.7. The van der Waals surface area contributed by atoms with Gasteiger partial charge >= 0.3 is 0 Å². The molecular weight excluding hydrogens is 439 g/mol. The van der Waals surface area contributed by atoms with Crippen LogP contribution in [0.3, 0.4) is 0 Å². The maximum atomic E-state index is 13.4. The van der Waals surface area contributed by atoms with E-state index >= 15 is 0 Å². The molecule has 2 aliphatic rings. The molecule has 0 N–H and O–H groups in total. The summed E-state index contributed by atoms with van der Waals surface area (Å²) in [6.45, 7) is 1.51. The van der Waals surface area contributed by atoms with Crippen LogP contribution in [0.2, 0.25) is 0 Å². The van der Waals surface area contributed by atoms with E-state index in [1.54, 1.807) is 41.3 Å². The molecule has 0 spiro atoms. The van der Waals surface area contributed by atoms with Gasteiger partial charge in [-0.3, -0.25) is 19.3 Å². The van der Waals surface area contributed by atoms with Crippen molar-refractivity contribution in [2.45, 2.75) is 31.1 Å². The summed E-state index contributed by atoms with van der Waals surface area (Å²) in [6.07, 6.45) is 1.60. The number of methoxy groups -OCH3 is 1. The first-order valence-electron chi connectivity index (χ1n) is 11.4. The van der Waals surface area contributed by atoms with Gasteiger partial charge in [0, 0.05) is 38.9 Å². The quantitative estimate of drug-likeness (QED) is 0.584. The molecule has 180 valence electrons. The molecule has 0 radical (unpaired) electrons. The van der Waals surface area contributed by atoms with Crippen LogP contribution in [0.4, 0.5) is 4.39 Å². The van der Waals surface area contributed by atoms with Gasteiger partial charge in [-0.05, 0) is 54.8 Å². The van der Waals surface area contributed by atoms with Crippen molar-refractivity contribution >= 4 is 17.7 Å². The lowest BCUT2D eigenvalue weighted by Crippen LogP contribution is -2.46. The van der Waals surface area contributed by atoms with E-state index in [0.29, 0.717) is 36.8 Å². The molecule has 0 saturated carbocycles. The number of hydrogen-bond donors (Lipinski definition) is 0. The van der Waals surface area contributed by atoms with Gasteiger partial charge in [-0.25, -0.2) is 4.39 Å². The number of nitrogens with zero attached hydrogens (tertiary/aromatic N) is 2. The highest BCUT2D eigenvalue weighted by atomic mass is 19.1. The molecule has 2 atom stereocenters. The minimum Gasteiger partial charge on any atom is -0.497 e. The van der Waals surface area contributed by atoms with Gasteiger partial charge in [-0.15, -0.1) is 0 Å². The molecule has 2 aliphatic heterocycles. The predicted molar refractivity (Wildman–Crippen MR) is 123 cm³/mol. The summed E-state index contributed by atoms with van der Waals surface area (Å²) in [5.41, 5.74) is -0.634. The third-order valence-electron chi connectivity index (χ3n) is 6.79. The fraction of sp³-hybridized carbons (Fsp3) is 0.423. The van der Waals surface area contributed by atoms with Crippen LogP contribution in [0.1, 0.15) is 31.2 Å². The van der Waals surface area contributed by atoms with Crippen LogP contribution in [0.15, 0.2) is 48.5 Å². The largest absolute Gasteiger partial charge is 0.497 e. The van der Waals surface area contributed by atoms with Crippen molar-refractivity contribution in [1.82, 2.24) is 9.80 Å². The van der Waals surface area contributed by atoms with Crippen LogP contribution in [-0.2, 0) is 19.8 Å². The van der Waals surface area contributed by atoms with Crippen molar-refractivity contribution in [1.29, 1.82) is 0 Å². The molecule has 8 heteroatoms. The highest BCUT2D eigenvalue weighted by Crippen LogP contribution is 2.41. The number of rotatable bonds is 7. The van der Waals surface area contributed by atoms with Gasteiger partial charge in [0.1, 0.15) is 17.3 Å². The summed E-state index contributed by atoms with van der Waals surface area (Å²) in [7, 11) is 2.99. The first kappa shape index (κ1) is 23.7. The van der Waals surface area contributed by atoms with Crippen LogP contribution < -0.4 is 9.47 Å². The molecule has 7 nitrogen and oxygen atoms in total. The zero-order valence-electron chi connectivity index (χ0n) is 19.5. The Hall–Kier alpha value is -3.42. The van der Waals surface area contributed by atoms with Crippen molar-refractivity contribution in [2.75, 3.05) is 33.9 Å². The Balaban J connectivity index is 1.48. The van der Waals surface area contributed by atoms with Crippen molar-refractivity contribution < 1.29 is 28.2 Å². The van der Waals surface area contributed by atoms with E-state index < -0.39 is 5.41 Å². The number of hydrogen-bond acceptors (Lipinski definition) is 5. The number of piperidine rings is 1. The van der Waals surface area contributed by atoms with Gasteiger partial charge in [0.25, 0.3) is 0 Å². The number of likely N-dealkylation sites (N-methyl/N-ethyl adjacent to an activating group) is 1. The molecular formula is C26H29FN2O5. The Labute approximate surface area is 198 Å². The molecule has 0 aliphatic carbocycles. The molecule has 0 bridgehead atoms. The smallest absolute Gasteiger partial charge is 0.240 e. The minimum absolute atomic E-state index is 0.0494. The highest BCUT2D eigenvalue weighted by molar-refractivity contribution is 6.10. The number of ether oxygens (including phenoxy) is 2. The Morgan fingerprint density at radius 2 is 1.91 bits per heavy atom. The maximum Gasteiger partial charge on any atom is 0.240 e. The predicted octanol–water partition coefficient (Wildman–Crippen LogP) is 3.17. The molecule has 2 fully saturated rings. The van der Waals surface area contributed by atoms with Gasteiger partial charge in [0.15, 0.2) is 0 Å². The molecule has 3 amide bonds. The number of benzene rings is 2. The number of likely N-dealkylation sites (tertiary alicyclic amines) is 2. The number of carbonyl (C=O) groups is 3. The first-order chi connectivity index (χ1) is 16.3. The Morgan fingerprint density at radius 1 is 1.15 bits per heavy atom. The zero-order chi connectivity index (χ0) is 24.3. The molecule has 34 heavy (non-hydrogen) atoms. The van der Waals surface area contributed by atoms with Crippen LogP contribution >= 0.6 is 0 Å². The highest BCUT2D eigenvalue weighted by Gasteiger charge is 2.53. The second-order valence-electron chi connectivity index (χ2n) is 9.04. The molecule has 2 heterocycles. The van der Waals surface area contributed by atoms with Crippen LogP contribution in [-0.4, -0.2) is 61.4 Å². The Bertz CT molecular complexity index is 1070. The SMILES string of the molecule is COc1cccc([C@@]2(CC(=O)N3CCC[C@@H](COc4ccc(F)cc4)C3)CC(=O)N(C)C2=O)c1. The molecule has 4 rings (SSSR count). The van der Waals surface area contributed by atoms with Gasteiger partial charge in [-0.1, -0.05) is 12.1 Å². The van der Waals surface area contributed by atoms with Crippen molar-refractivity contribution in [3.05, 3.63) is 59.9 Å². The fourth-order valence-electron chi connectivity index (χ4n) is 4.82. The average molecular weight is 469 g/mol. The fourth-order valence-corrected chi connectivity index (χ4v) is 4.82. The summed E-state index contributed by atoms with van der Waals surface area (Å²) in [6, 6.07) is 12.9. The number of halogens is 1. The minimum atomic E-state index is -1.24. The van der Waals surface area contributed by atoms with E-state index in [2.05, 4.69) is 0 Å². The standard InChI is InChI=1S/C26H29FN2O5/c1-28-23(30)14-26(25(28)32,19-6-3-7-22(13-19)33-2)15-24(31)29-12-4-5-18(16-29)17-34-21-10-8-20(27)9-11-21/h3,6-11,13,18H,4-5,12,14-17H2,1-2H3/t18-,26+/m1/s1. The Kier molecular flexibility index (Phi) is 6.86. The van der Waals surface area contributed by atoms with E-state index in [0.717, 1.165) is 17.7 Å².